The molecule has 0 bridgehead atoms. The maximum absolute atomic E-state index is 13.2. The van der Waals surface area contributed by atoms with Gasteiger partial charge < -0.3 is 9.88 Å². The number of halogens is 1. The molecule has 1 aromatic heterocycles. The topological polar surface area (TPSA) is 29.9 Å². The highest BCUT2D eigenvalue weighted by Gasteiger charge is 2.20. The van der Waals surface area contributed by atoms with Crippen LogP contribution in [0.15, 0.2) is 36.7 Å². The van der Waals surface area contributed by atoms with Gasteiger partial charge in [-0.1, -0.05) is 12.1 Å². The second-order valence-electron chi connectivity index (χ2n) is 3.94. The van der Waals surface area contributed by atoms with E-state index < -0.39 is 0 Å². The van der Waals surface area contributed by atoms with Gasteiger partial charge in [0.1, 0.15) is 5.82 Å². The van der Waals surface area contributed by atoms with Crippen molar-refractivity contribution in [3.05, 3.63) is 48.0 Å². The monoisotopic (exact) mass is 217 g/mol. The van der Waals surface area contributed by atoms with Gasteiger partial charge in [-0.05, 0) is 24.1 Å². The smallest absolute Gasteiger partial charge is 0.203 e. The fourth-order valence-corrected chi connectivity index (χ4v) is 2.20. The Morgan fingerprint density at radius 2 is 2.38 bits per heavy atom. The van der Waals surface area contributed by atoms with E-state index in [1.54, 1.807) is 18.3 Å². The summed E-state index contributed by atoms with van der Waals surface area (Å²) in [6.07, 6.45) is 4.64. The summed E-state index contributed by atoms with van der Waals surface area (Å²) in [6, 6.07) is 6.97. The van der Waals surface area contributed by atoms with E-state index in [2.05, 4.69) is 14.9 Å². The van der Waals surface area contributed by atoms with Crippen molar-refractivity contribution in [1.82, 2.24) is 9.55 Å². The third kappa shape index (κ3) is 1.46. The van der Waals surface area contributed by atoms with Crippen molar-refractivity contribution in [2.24, 2.45) is 0 Å². The molecule has 0 spiro atoms. The number of imidazole rings is 1. The minimum absolute atomic E-state index is 0.183. The predicted octanol–water partition coefficient (Wildman–Crippen LogP) is 2.43. The van der Waals surface area contributed by atoms with Gasteiger partial charge in [0, 0.05) is 18.9 Å². The Balaban J connectivity index is 2.04. The molecule has 1 aliphatic heterocycles. The van der Waals surface area contributed by atoms with Gasteiger partial charge in [0.15, 0.2) is 0 Å². The Bertz CT molecular complexity index is 506. The third-order valence-electron chi connectivity index (χ3n) is 2.94. The minimum atomic E-state index is -0.183. The van der Waals surface area contributed by atoms with Crippen molar-refractivity contribution < 1.29 is 4.39 Å². The molecule has 0 amide bonds. The number of aromatic nitrogens is 2. The van der Waals surface area contributed by atoms with E-state index in [0.717, 1.165) is 24.5 Å². The van der Waals surface area contributed by atoms with Crippen LogP contribution in [0.25, 0.3) is 0 Å². The molecule has 1 aromatic carbocycles. The molecule has 0 saturated carbocycles. The third-order valence-corrected chi connectivity index (χ3v) is 2.94. The second-order valence-corrected chi connectivity index (χ2v) is 3.94. The first-order valence-electron chi connectivity index (χ1n) is 5.37. The van der Waals surface area contributed by atoms with Gasteiger partial charge in [-0.15, -0.1) is 0 Å². The molecule has 1 atom stereocenters. The van der Waals surface area contributed by atoms with Gasteiger partial charge in [-0.25, -0.2) is 9.37 Å². The van der Waals surface area contributed by atoms with E-state index in [4.69, 9.17) is 0 Å². The molecular formula is C12H12FN3. The van der Waals surface area contributed by atoms with Crippen LogP contribution >= 0.6 is 0 Å². The van der Waals surface area contributed by atoms with Gasteiger partial charge in [0.05, 0.1) is 6.04 Å². The Morgan fingerprint density at radius 3 is 3.25 bits per heavy atom. The summed E-state index contributed by atoms with van der Waals surface area (Å²) < 4.78 is 15.2. The van der Waals surface area contributed by atoms with E-state index in [0.29, 0.717) is 0 Å². The number of hydrogen-bond donors (Lipinski definition) is 1. The molecule has 4 heteroatoms. The molecule has 82 valence electrons. The molecule has 3 nitrogen and oxygen atoms in total. The normalized spacial score (nSPS) is 18.9. The van der Waals surface area contributed by atoms with E-state index in [-0.39, 0.29) is 11.9 Å². The lowest BCUT2D eigenvalue weighted by atomic mass is 10.0. The number of rotatable bonds is 1. The molecule has 1 N–H and O–H groups in total. The average molecular weight is 217 g/mol. The van der Waals surface area contributed by atoms with E-state index in [1.165, 1.54) is 6.07 Å². The molecule has 2 heterocycles. The molecule has 2 aromatic rings. The first kappa shape index (κ1) is 9.39. The van der Waals surface area contributed by atoms with Gasteiger partial charge in [-0.3, -0.25) is 0 Å². The number of hydrogen-bond acceptors (Lipinski definition) is 2. The van der Waals surface area contributed by atoms with Gasteiger partial charge in [0.2, 0.25) is 5.95 Å². The zero-order valence-corrected chi connectivity index (χ0v) is 8.73. The average Bonchev–Trinajstić information content (AvgIpc) is 2.76. The van der Waals surface area contributed by atoms with Gasteiger partial charge in [-0.2, -0.15) is 0 Å². The Hall–Kier alpha value is -1.84. The summed E-state index contributed by atoms with van der Waals surface area (Å²) in [6.45, 7) is 0.873. The highest BCUT2D eigenvalue weighted by atomic mass is 19.1. The van der Waals surface area contributed by atoms with Crippen molar-refractivity contribution in [3.8, 4) is 0 Å². The summed E-state index contributed by atoms with van der Waals surface area (Å²) in [5, 5.41) is 3.22. The largest absolute Gasteiger partial charge is 0.356 e. The molecule has 3 rings (SSSR count). The van der Waals surface area contributed by atoms with E-state index in [9.17, 15) is 4.39 Å². The maximum Gasteiger partial charge on any atom is 0.203 e. The highest BCUT2D eigenvalue weighted by molar-refractivity contribution is 5.33. The number of anilines is 1. The fourth-order valence-electron chi connectivity index (χ4n) is 2.20. The van der Waals surface area contributed by atoms with Crippen LogP contribution in [-0.4, -0.2) is 16.1 Å². The summed E-state index contributed by atoms with van der Waals surface area (Å²) in [4.78, 5) is 4.21. The SMILES string of the molecule is Fc1cccc(C2CCNc3nccn32)c1. The summed E-state index contributed by atoms with van der Waals surface area (Å²) >= 11 is 0. The van der Waals surface area contributed by atoms with Crippen LogP contribution in [0.1, 0.15) is 18.0 Å². The van der Waals surface area contributed by atoms with Crippen LogP contribution in [0.3, 0.4) is 0 Å². The maximum atomic E-state index is 13.2. The number of nitrogens with zero attached hydrogens (tertiary/aromatic N) is 2. The summed E-state index contributed by atoms with van der Waals surface area (Å²) in [5.74, 6) is 0.679. The summed E-state index contributed by atoms with van der Waals surface area (Å²) in [7, 11) is 0. The molecule has 0 saturated heterocycles. The Labute approximate surface area is 92.9 Å². The lowest BCUT2D eigenvalue weighted by Crippen LogP contribution is -2.23. The van der Waals surface area contributed by atoms with Crippen LogP contribution < -0.4 is 5.32 Å². The van der Waals surface area contributed by atoms with Crippen molar-refractivity contribution in [2.45, 2.75) is 12.5 Å². The molecular weight excluding hydrogens is 205 g/mol. The lowest BCUT2D eigenvalue weighted by Gasteiger charge is -2.26. The van der Waals surface area contributed by atoms with E-state index >= 15 is 0 Å². The van der Waals surface area contributed by atoms with Crippen LogP contribution in [0.2, 0.25) is 0 Å². The van der Waals surface area contributed by atoms with Crippen LogP contribution in [0.5, 0.6) is 0 Å². The van der Waals surface area contributed by atoms with Crippen molar-refractivity contribution in [3.63, 3.8) is 0 Å². The van der Waals surface area contributed by atoms with Gasteiger partial charge in [0.25, 0.3) is 0 Å². The Morgan fingerprint density at radius 1 is 1.44 bits per heavy atom. The first-order chi connectivity index (χ1) is 7.84. The zero-order valence-electron chi connectivity index (χ0n) is 8.73. The zero-order chi connectivity index (χ0) is 11.0. The molecule has 16 heavy (non-hydrogen) atoms. The second kappa shape index (κ2) is 3.63. The summed E-state index contributed by atoms with van der Waals surface area (Å²) in [5.41, 5.74) is 1.00. The van der Waals surface area contributed by atoms with Crippen molar-refractivity contribution in [2.75, 3.05) is 11.9 Å². The highest BCUT2D eigenvalue weighted by Crippen LogP contribution is 2.28. The molecule has 0 radical (unpaired) electrons. The number of nitrogens with one attached hydrogen (secondary N) is 1. The van der Waals surface area contributed by atoms with Crippen LogP contribution in [0, 0.1) is 5.82 Å². The lowest BCUT2D eigenvalue weighted by molar-refractivity contribution is 0.525. The van der Waals surface area contributed by atoms with Crippen molar-refractivity contribution in [1.29, 1.82) is 0 Å². The van der Waals surface area contributed by atoms with Crippen LogP contribution in [0.4, 0.5) is 10.3 Å². The molecule has 1 unspecified atom stereocenters. The quantitative estimate of drug-likeness (QED) is 0.795. The number of fused-ring (bicyclic) bond motifs is 1. The van der Waals surface area contributed by atoms with E-state index in [1.807, 2.05) is 12.3 Å². The molecule has 0 fully saturated rings. The molecule has 0 aliphatic carbocycles. The Kier molecular flexibility index (Phi) is 2.13. The predicted molar refractivity (Wildman–Crippen MR) is 59.9 cm³/mol. The van der Waals surface area contributed by atoms with Crippen LogP contribution in [-0.2, 0) is 0 Å². The first-order valence-corrected chi connectivity index (χ1v) is 5.37. The van der Waals surface area contributed by atoms with Gasteiger partial charge >= 0.3 is 0 Å². The standard InChI is InChI=1S/C12H12FN3/c13-10-3-1-2-9(8-10)11-4-5-14-12-15-6-7-16(11)12/h1-3,6-8,11H,4-5H2,(H,14,15). The minimum Gasteiger partial charge on any atom is -0.356 e. The fraction of sp³-hybridized carbons (Fsp3) is 0.250. The van der Waals surface area contributed by atoms with Crippen molar-refractivity contribution >= 4 is 5.95 Å². The molecule has 1 aliphatic rings. The number of benzene rings is 1.